The molecule has 0 rings (SSSR count). The van der Waals surface area contributed by atoms with Crippen molar-refractivity contribution in [2.45, 2.75) is 13.8 Å². The Morgan fingerprint density at radius 2 is 2.30 bits per heavy atom. The topological polar surface area (TPSA) is 26.3 Å². The molecule has 0 aromatic carbocycles. The lowest BCUT2D eigenvalue weighted by molar-refractivity contribution is -0.107. The van der Waals surface area contributed by atoms with E-state index in [4.69, 9.17) is 16.3 Å². The molecule has 3 heteroatoms. The summed E-state index contributed by atoms with van der Waals surface area (Å²) in [7, 11) is 0. The van der Waals surface area contributed by atoms with E-state index in [1.165, 1.54) is 12.3 Å². The minimum absolute atomic E-state index is 0.468. The molecule has 0 aromatic rings. The zero-order valence-corrected chi connectivity index (χ0v) is 6.89. The largest absolute Gasteiger partial charge is 0.501 e. The second-order valence-corrected chi connectivity index (χ2v) is 2.71. The summed E-state index contributed by atoms with van der Waals surface area (Å²) in [6.45, 7) is 4.66. The molecule has 0 fully saturated rings. The molecule has 0 heterocycles. The van der Waals surface area contributed by atoms with Crippen molar-refractivity contribution in [1.82, 2.24) is 0 Å². The van der Waals surface area contributed by atoms with Gasteiger partial charge in [0.15, 0.2) is 0 Å². The molecule has 2 nitrogen and oxygen atoms in total. The second-order valence-electron chi connectivity index (χ2n) is 2.33. The Hall–Kier alpha value is -0.500. The van der Waals surface area contributed by atoms with Crippen molar-refractivity contribution in [2.24, 2.45) is 5.92 Å². The second kappa shape index (κ2) is 5.30. The number of halogens is 1. The Bertz CT molecular complexity index is 130. The first-order chi connectivity index (χ1) is 4.63. The van der Waals surface area contributed by atoms with E-state index >= 15 is 0 Å². The van der Waals surface area contributed by atoms with Crippen molar-refractivity contribution in [1.29, 1.82) is 0 Å². The molecule has 10 heavy (non-hydrogen) atoms. The van der Waals surface area contributed by atoms with Gasteiger partial charge in [-0.05, 0) is 17.5 Å². The summed E-state index contributed by atoms with van der Waals surface area (Å²) in [5, 5.41) is -0.510. The van der Waals surface area contributed by atoms with Gasteiger partial charge in [-0.15, -0.1) is 0 Å². The standard InChI is InChI=1S/C7H11ClO2/c1-6(2)5-10-4-3-7(8)9/h3-4,6H,5H2,1-2H3. The van der Waals surface area contributed by atoms with Gasteiger partial charge in [-0.2, -0.15) is 0 Å². The molecule has 0 saturated carbocycles. The van der Waals surface area contributed by atoms with Crippen LogP contribution in [0.3, 0.4) is 0 Å². The third kappa shape index (κ3) is 7.50. The highest BCUT2D eigenvalue weighted by atomic mass is 35.5. The summed E-state index contributed by atoms with van der Waals surface area (Å²) in [6, 6.07) is 0. The fourth-order valence-corrected chi connectivity index (χ4v) is 0.401. The van der Waals surface area contributed by atoms with Crippen LogP contribution in [0.25, 0.3) is 0 Å². The van der Waals surface area contributed by atoms with Crippen LogP contribution in [0, 0.1) is 5.92 Å². The van der Waals surface area contributed by atoms with Gasteiger partial charge in [-0.25, -0.2) is 0 Å². The van der Waals surface area contributed by atoms with Crippen LogP contribution in [0.1, 0.15) is 13.8 Å². The van der Waals surface area contributed by atoms with E-state index in [1.54, 1.807) is 0 Å². The quantitative estimate of drug-likeness (QED) is 0.359. The van der Waals surface area contributed by atoms with Crippen LogP contribution in [-0.2, 0) is 9.53 Å². The van der Waals surface area contributed by atoms with Gasteiger partial charge in [-0.3, -0.25) is 4.79 Å². The van der Waals surface area contributed by atoms with Gasteiger partial charge in [0.2, 0.25) is 5.24 Å². The van der Waals surface area contributed by atoms with E-state index in [0.29, 0.717) is 12.5 Å². The Morgan fingerprint density at radius 1 is 1.70 bits per heavy atom. The van der Waals surface area contributed by atoms with Crippen LogP contribution in [-0.4, -0.2) is 11.8 Å². The summed E-state index contributed by atoms with van der Waals surface area (Å²) in [4.78, 5) is 10.1. The van der Waals surface area contributed by atoms with Crippen molar-refractivity contribution >= 4 is 16.8 Å². The average molecular weight is 163 g/mol. The number of hydrogen-bond acceptors (Lipinski definition) is 2. The zero-order chi connectivity index (χ0) is 7.98. The summed E-state index contributed by atoms with van der Waals surface area (Å²) >= 11 is 4.99. The highest BCUT2D eigenvalue weighted by molar-refractivity contribution is 6.66. The van der Waals surface area contributed by atoms with Gasteiger partial charge < -0.3 is 4.74 Å². The number of allylic oxidation sites excluding steroid dienone is 1. The predicted octanol–water partition coefficient (Wildman–Crippen LogP) is 1.94. The number of rotatable bonds is 4. The first kappa shape index (κ1) is 9.50. The van der Waals surface area contributed by atoms with Gasteiger partial charge in [-0.1, -0.05) is 13.8 Å². The minimum atomic E-state index is -0.510. The third-order valence-electron chi connectivity index (χ3n) is 0.725. The molecule has 0 aliphatic heterocycles. The van der Waals surface area contributed by atoms with E-state index in [1.807, 2.05) is 13.8 Å². The average Bonchev–Trinajstić information content (AvgIpc) is 1.79. The Balaban J connectivity index is 3.27. The monoisotopic (exact) mass is 162 g/mol. The van der Waals surface area contributed by atoms with E-state index in [2.05, 4.69) is 0 Å². The first-order valence-electron chi connectivity index (χ1n) is 3.10. The molecule has 0 unspecified atom stereocenters. The highest BCUT2D eigenvalue weighted by Gasteiger charge is 1.90. The molecule has 0 aromatic heterocycles. The number of ether oxygens (including phenoxy) is 1. The summed E-state index contributed by atoms with van der Waals surface area (Å²) in [5.41, 5.74) is 0. The van der Waals surface area contributed by atoms with Gasteiger partial charge >= 0.3 is 0 Å². The van der Waals surface area contributed by atoms with E-state index in [0.717, 1.165) is 0 Å². The van der Waals surface area contributed by atoms with Gasteiger partial charge in [0.1, 0.15) is 0 Å². The molecular weight excluding hydrogens is 152 g/mol. The molecule has 0 amide bonds. The molecule has 0 aliphatic carbocycles. The maximum Gasteiger partial charge on any atom is 0.248 e. The van der Waals surface area contributed by atoms with Crippen LogP contribution in [0.2, 0.25) is 0 Å². The number of carbonyl (C=O) groups is 1. The van der Waals surface area contributed by atoms with Crippen LogP contribution in [0.4, 0.5) is 0 Å². The van der Waals surface area contributed by atoms with Crippen LogP contribution < -0.4 is 0 Å². The number of hydrogen-bond donors (Lipinski definition) is 0. The maximum atomic E-state index is 10.1. The molecule has 0 saturated heterocycles. The molecule has 0 aliphatic rings. The van der Waals surface area contributed by atoms with Gasteiger partial charge in [0.25, 0.3) is 0 Å². The zero-order valence-electron chi connectivity index (χ0n) is 6.13. The minimum Gasteiger partial charge on any atom is -0.501 e. The van der Waals surface area contributed by atoms with E-state index < -0.39 is 5.24 Å². The fourth-order valence-electron chi connectivity index (χ4n) is 0.350. The normalized spacial score (nSPS) is 10.8. The Labute approximate surface area is 65.8 Å². The van der Waals surface area contributed by atoms with Crippen molar-refractivity contribution in [2.75, 3.05) is 6.61 Å². The Morgan fingerprint density at radius 3 is 2.70 bits per heavy atom. The fraction of sp³-hybridized carbons (Fsp3) is 0.571. The van der Waals surface area contributed by atoms with Crippen molar-refractivity contribution in [3.63, 3.8) is 0 Å². The van der Waals surface area contributed by atoms with Crippen molar-refractivity contribution in [3.05, 3.63) is 12.3 Å². The van der Waals surface area contributed by atoms with Crippen LogP contribution >= 0.6 is 11.6 Å². The SMILES string of the molecule is CC(C)COC=CC(=O)Cl. The molecular formula is C7H11ClO2. The molecule has 0 N–H and O–H groups in total. The summed E-state index contributed by atoms with van der Waals surface area (Å²) in [5.74, 6) is 0.468. The van der Waals surface area contributed by atoms with Crippen LogP contribution in [0.5, 0.6) is 0 Å². The maximum absolute atomic E-state index is 10.1. The number of carbonyl (C=O) groups excluding carboxylic acids is 1. The smallest absolute Gasteiger partial charge is 0.248 e. The van der Waals surface area contributed by atoms with Crippen LogP contribution in [0.15, 0.2) is 12.3 Å². The highest BCUT2D eigenvalue weighted by Crippen LogP contribution is 1.93. The lowest BCUT2D eigenvalue weighted by atomic mass is 10.2. The molecule has 0 radical (unpaired) electrons. The summed E-state index contributed by atoms with van der Waals surface area (Å²) < 4.78 is 4.92. The first-order valence-corrected chi connectivity index (χ1v) is 3.48. The van der Waals surface area contributed by atoms with Gasteiger partial charge in [0, 0.05) is 6.08 Å². The third-order valence-corrected chi connectivity index (χ3v) is 0.851. The molecule has 0 atom stereocenters. The summed E-state index contributed by atoms with van der Waals surface area (Å²) in [6.07, 6.45) is 2.50. The van der Waals surface area contributed by atoms with E-state index in [-0.39, 0.29) is 0 Å². The van der Waals surface area contributed by atoms with E-state index in [9.17, 15) is 4.79 Å². The predicted molar refractivity (Wildman–Crippen MR) is 40.8 cm³/mol. The Kier molecular flexibility index (Phi) is 5.03. The lowest BCUT2D eigenvalue weighted by Gasteiger charge is -2.01. The molecule has 0 bridgehead atoms. The van der Waals surface area contributed by atoms with Crippen molar-refractivity contribution < 1.29 is 9.53 Å². The van der Waals surface area contributed by atoms with Crippen molar-refractivity contribution in [3.8, 4) is 0 Å². The lowest BCUT2D eigenvalue weighted by Crippen LogP contribution is -1.96. The van der Waals surface area contributed by atoms with Gasteiger partial charge in [0.05, 0.1) is 12.9 Å². The molecule has 58 valence electrons. The molecule has 0 spiro atoms.